The second-order valence-electron chi connectivity index (χ2n) is 3.78. The molecule has 18 heavy (non-hydrogen) atoms. The Balaban J connectivity index is 2.26. The summed E-state index contributed by atoms with van der Waals surface area (Å²) in [5.41, 5.74) is 5.60. The topological polar surface area (TPSA) is 60.2 Å². The summed E-state index contributed by atoms with van der Waals surface area (Å²) in [6.07, 6.45) is 2.61. The standard InChI is InChI=1S/C12H14ClN3OS/c1-17-12-4-8(13)2-3-10(12)11(16-14)5-9-6-15-7-18-9/h2-4,6-7,11,16H,5,14H2,1H3. The van der Waals surface area contributed by atoms with Crippen molar-refractivity contribution in [2.45, 2.75) is 12.5 Å². The van der Waals surface area contributed by atoms with Crippen LogP contribution in [0, 0.1) is 0 Å². The van der Waals surface area contributed by atoms with E-state index >= 15 is 0 Å². The Morgan fingerprint density at radius 2 is 2.39 bits per heavy atom. The van der Waals surface area contributed by atoms with Gasteiger partial charge in [-0.05, 0) is 12.1 Å². The van der Waals surface area contributed by atoms with Crippen LogP contribution in [0.15, 0.2) is 29.9 Å². The molecule has 0 radical (unpaired) electrons. The Kier molecular flexibility index (Phi) is 4.54. The highest BCUT2D eigenvalue weighted by molar-refractivity contribution is 7.09. The highest BCUT2D eigenvalue weighted by atomic mass is 35.5. The van der Waals surface area contributed by atoms with Gasteiger partial charge in [0.25, 0.3) is 0 Å². The molecule has 1 heterocycles. The summed E-state index contributed by atoms with van der Waals surface area (Å²) in [6.45, 7) is 0. The first kappa shape index (κ1) is 13.3. The number of rotatable bonds is 5. The fourth-order valence-electron chi connectivity index (χ4n) is 1.78. The van der Waals surface area contributed by atoms with Crippen LogP contribution in [-0.2, 0) is 6.42 Å². The molecular formula is C12H14ClN3OS. The van der Waals surface area contributed by atoms with Gasteiger partial charge < -0.3 is 4.74 Å². The Bertz CT molecular complexity index is 504. The van der Waals surface area contributed by atoms with Crippen molar-refractivity contribution in [2.75, 3.05) is 7.11 Å². The maximum atomic E-state index is 5.95. The number of benzene rings is 1. The summed E-state index contributed by atoms with van der Waals surface area (Å²) >= 11 is 7.55. The molecule has 2 aromatic rings. The van der Waals surface area contributed by atoms with Gasteiger partial charge in [-0.25, -0.2) is 0 Å². The molecule has 0 saturated heterocycles. The number of halogens is 1. The molecule has 1 unspecified atom stereocenters. The zero-order valence-corrected chi connectivity index (χ0v) is 11.5. The lowest BCUT2D eigenvalue weighted by Gasteiger charge is -2.18. The molecule has 0 amide bonds. The van der Waals surface area contributed by atoms with Crippen molar-refractivity contribution in [1.29, 1.82) is 0 Å². The SMILES string of the molecule is COc1cc(Cl)ccc1C(Cc1cncs1)NN. The van der Waals surface area contributed by atoms with Crippen molar-refractivity contribution in [1.82, 2.24) is 10.4 Å². The van der Waals surface area contributed by atoms with Gasteiger partial charge in [0.1, 0.15) is 5.75 Å². The first-order valence-corrected chi connectivity index (χ1v) is 6.67. The molecule has 1 aromatic heterocycles. The maximum Gasteiger partial charge on any atom is 0.125 e. The van der Waals surface area contributed by atoms with E-state index in [9.17, 15) is 0 Å². The number of aromatic nitrogens is 1. The summed E-state index contributed by atoms with van der Waals surface area (Å²) < 4.78 is 5.34. The number of hydrogen-bond acceptors (Lipinski definition) is 5. The minimum atomic E-state index is -0.0299. The predicted octanol–water partition coefficient (Wildman–Crippen LogP) is 2.55. The van der Waals surface area contributed by atoms with E-state index in [4.69, 9.17) is 22.2 Å². The minimum Gasteiger partial charge on any atom is -0.496 e. The van der Waals surface area contributed by atoms with E-state index in [1.165, 1.54) is 0 Å². The molecule has 1 atom stereocenters. The Morgan fingerprint density at radius 3 is 3.00 bits per heavy atom. The fraction of sp³-hybridized carbons (Fsp3) is 0.250. The monoisotopic (exact) mass is 283 g/mol. The number of nitrogens with zero attached hydrogens (tertiary/aromatic N) is 1. The molecule has 2 rings (SSSR count). The summed E-state index contributed by atoms with van der Waals surface area (Å²) in [7, 11) is 1.62. The second-order valence-corrected chi connectivity index (χ2v) is 5.18. The zero-order valence-electron chi connectivity index (χ0n) is 9.89. The van der Waals surface area contributed by atoms with Crippen LogP contribution in [0.1, 0.15) is 16.5 Å². The number of nitrogens with one attached hydrogen (secondary N) is 1. The van der Waals surface area contributed by atoms with E-state index in [1.807, 2.05) is 23.8 Å². The van der Waals surface area contributed by atoms with E-state index in [2.05, 4.69) is 10.4 Å². The number of hydrazine groups is 1. The molecule has 4 nitrogen and oxygen atoms in total. The molecule has 0 bridgehead atoms. The van der Waals surface area contributed by atoms with Crippen LogP contribution >= 0.6 is 22.9 Å². The second kappa shape index (κ2) is 6.15. The van der Waals surface area contributed by atoms with E-state index in [1.54, 1.807) is 24.5 Å². The molecule has 0 spiro atoms. The van der Waals surface area contributed by atoms with Crippen LogP contribution in [0.25, 0.3) is 0 Å². The molecular weight excluding hydrogens is 270 g/mol. The highest BCUT2D eigenvalue weighted by Gasteiger charge is 2.16. The van der Waals surface area contributed by atoms with E-state index < -0.39 is 0 Å². The van der Waals surface area contributed by atoms with Gasteiger partial charge in [-0.15, -0.1) is 11.3 Å². The summed E-state index contributed by atoms with van der Waals surface area (Å²) in [5, 5.41) is 0.643. The van der Waals surface area contributed by atoms with Crippen LogP contribution < -0.4 is 16.0 Å². The Labute approximate surface area is 115 Å². The summed E-state index contributed by atoms with van der Waals surface area (Å²) in [5.74, 6) is 6.36. The molecule has 96 valence electrons. The third-order valence-electron chi connectivity index (χ3n) is 2.66. The average Bonchev–Trinajstić information content (AvgIpc) is 2.89. The first-order valence-electron chi connectivity index (χ1n) is 5.41. The molecule has 6 heteroatoms. The van der Waals surface area contributed by atoms with Crippen LogP contribution in [-0.4, -0.2) is 12.1 Å². The molecule has 3 N–H and O–H groups in total. The predicted molar refractivity (Wildman–Crippen MR) is 73.9 cm³/mol. The molecule has 0 aliphatic heterocycles. The molecule has 0 saturated carbocycles. The first-order chi connectivity index (χ1) is 8.74. The number of hydrogen-bond donors (Lipinski definition) is 2. The number of nitrogens with two attached hydrogens (primary N) is 1. The molecule has 0 fully saturated rings. The van der Waals surface area contributed by atoms with Gasteiger partial charge in [-0.3, -0.25) is 16.3 Å². The molecule has 0 aliphatic carbocycles. The third kappa shape index (κ3) is 3.00. The van der Waals surface area contributed by atoms with Crippen LogP contribution in [0.2, 0.25) is 5.02 Å². The lowest BCUT2D eigenvalue weighted by molar-refractivity contribution is 0.399. The van der Waals surface area contributed by atoms with Crippen molar-refractivity contribution < 1.29 is 4.74 Å². The zero-order chi connectivity index (χ0) is 13.0. The van der Waals surface area contributed by atoms with Crippen molar-refractivity contribution in [3.8, 4) is 5.75 Å². The third-order valence-corrected chi connectivity index (χ3v) is 3.70. The van der Waals surface area contributed by atoms with Gasteiger partial charge in [0.05, 0.1) is 18.7 Å². The Morgan fingerprint density at radius 1 is 1.56 bits per heavy atom. The highest BCUT2D eigenvalue weighted by Crippen LogP contribution is 2.30. The van der Waals surface area contributed by atoms with Crippen molar-refractivity contribution in [3.63, 3.8) is 0 Å². The van der Waals surface area contributed by atoms with E-state index in [-0.39, 0.29) is 6.04 Å². The average molecular weight is 284 g/mol. The van der Waals surface area contributed by atoms with Crippen molar-refractivity contribution >= 4 is 22.9 Å². The van der Waals surface area contributed by atoms with Crippen LogP contribution in [0.4, 0.5) is 0 Å². The minimum absolute atomic E-state index is 0.0299. The summed E-state index contributed by atoms with van der Waals surface area (Å²) in [4.78, 5) is 5.22. The number of methoxy groups -OCH3 is 1. The van der Waals surface area contributed by atoms with Gasteiger partial charge in [0.15, 0.2) is 0 Å². The summed E-state index contributed by atoms with van der Waals surface area (Å²) in [6, 6.07) is 5.51. The van der Waals surface area contributed by atoms with Gasteiger partial charge >= 0.3 is 0 Å². The quantitative estimate of drug-likeness (QED) is 0.654. The normalized spacial score (nSPS) is 12.4. The van der Waals surface area contributed by atoms with Crippen LogP contribution in [0.3, 0.4) is 0 Å². The molecule has 0 aliphatic rings. The van der Waals surface area contributed by atoms with Gasteiger partial charge in [0.2, 0.25) is 0 Å². The molecule has 1 aromatic carbocycles. The van der Waals surface area contributed by atoms with Gasteiger partial charge in [-0.2, -0.15) is 0 Å². The lowest BCUT2D eigenvalue weighted by Crippen LogP contribution is -2.29. The Hall–Kier alpha value is -1.14. The van der Waals surface area contributed by atoms with Crippen molar-refractivity contribution in [3.05, 3.63) is 45.4 Å². The number of thiazole rings is 1. The largest absolute Gasteiger partial charge is 0.496 e. The fourth-order valence-corrected chi connectivity index (χ4v) is 2.58. The number of ether oxygens (including phenoxy) is 1. The lowest BCUT2D eigenvalue weighted by atomic mass is 10.0. The maximum absolute atomic E-state index is 5.95. The van der Waals surface area contributed by atoms with E-state index in [0.29, 0.717) is 5.02 Å². The van der Waals surface area contributed by atoms with E-state index in [0.717, 1.165) is 22.6 Å². The van der Waals surface area contributed by atoms with Crippen molar-refractivity contribution in [2.24, 2.45) is 5.84 Å². The van der Waals surface area contributed by atoms with Gasteiger partial charge in [0, 0.05) is 28.1 Å². The smallest absolute Gasteiger partial charge is 0.125 e. The van der Waals surface area contributed by atoms with Crippen LogP contribution in [0.5, 0.6) is 5.75 Å². The van der Waals surface area contributed by atoms with Gasteiger partial charge in [-0.1, -0.05) is 17.7 Å².